The molecule has 6 nitrogen and oxygen atoms in total. The number of imide groups is 1. The van der Waals surface area contributed by atoms with Gasteiger partial charge in [-0.25, -0.2) is 4.90 Å². The van der Waals surface area contributed by atoms with E-state index in [1.54, 1.807) is 48.5 Å². The Kier molecular flexibility index (Phi) is 7.45. The number of benzene rings is 3. The van der Waals surface area contributed by atoms with Crippen molar-refractivity contribution in [3.8, 4) is 0 Å². The highest BCUT2D eigenvalue weighted by Crippen LogP contribution is 2.32. The molecule has 0 atom stereocenters. The van der Waals surface area contributed by atoms with Crippen molar-refractivity contribution in [2.24, 2.45) is 0 Å². The molecule has 3 amide bonds. The Labute approximate surface area is 217 Å². The summed E-state index contributed by atoms with van der Waals surface area (Å²) in [5.41, 5.74) is 3.29. The molecule has 0 aliphatic carbocycles. The molecule has 0 radical (unpaired) electrons. The lowest BCUT2D eigenvalue weighted by atomic mass is 10.1. The number of anilines is 2. The number of halogens is 3. The maximum atomic E-state index is 12.9. The van der Waals surface area contributed by atoms with Gasteiger partial charge in [-0.1, -0.05) is 71.2 Å². The Morgan fingerprint density at radius 2 is 1.60 bits per heavy atom. The fourth-order valence-electron chi connectivity index (χ4n) is 3.50. The summed E-state index contributed by atoms with van der Waals surface area (Å²) in [5.74, 6) is -1.37. The van der Waals surface area contributed by atoms with E-state index < -0.39 is 11.8 Å². The fourth-order valence-corrected chi connectivity index (χ4v) is 4.09. The SMILES string of the molecule is Cc1ccc(N2C(=O)C(Cl)=C(Nc3ccc(CC(=O)NCc4ccccc4Cl)cc3)C2=O)cc1Cl. The second-order valence-electron chi connectivity index (χ2n) is 7.94. The third-order valence-corrected chi connectivity index (χ3v) is 6.59. The maximum absolute atomic E-state index is 12.9. The molecule has 0 saturated carbocycles. The van der Waals surface area contributed by atoms with Crippen LogP contribution in [0.1, 0.15) is 16.7 Å². The summed E-state index contributed by atoms with van der Waals surface area (Å²) in [7, 11) is 0. The van der Waals surface area contributed by atoms with Gasteiger partial charge in [-0.3, -0.25) is 14.4 Å². The summed E-state index contributed by atoms with van der Waals surface area (Å²) < 4.78 is 0. The van der Waals surface area contributed by atoms with Crippen LogP contribution in [-0.4, -0.2) is 17.7 Å². The van der Waals surface area contributed by atoms with E-state index in [-0.39, 0.29) is 23.1 Å². The Morgan fingerprint density at radius 3 is 2.29 bits per heavy atom. The molecule has 0 bridgehead atoms. The van der Waals surface area contributed by atoms with Crippen LogP contribution in [0, 0.1) is 6.92 Å². The number of rotatable bonds is 7. The molecule has 0 spiro atoms. The molecule has 1 aliphatic heterocycles. The van der Waals surface area contributed by atoms with Gasteiger partial charge in [0.1, 0.15) is 10.7 Å². The molecule has 0 fully saturated rings. The van der Waals surface area contributed by atoms with E-state index in [4.69, 9.17) is 34.8 Å². The first-order valence-electron chi connectivity index (χ1n) is 10.7. The molecule has 0 aromatic heterocycles. The van der Waals surface area contributed by atoms with E-state index in [9.17, 15) is 14.4 Å². The van der Waals surface area contributed by atoms with Crippen LogP contribution in [0.3, 0.4) is 0 Å². The molecule has 9 heteroatoms. The van der Waals surface area contributed by atoms with E-state index in [1.807, 2.05) is 25.1 Å². The molecular formula is C26H20Cl3N3O3. The first-order chi connectivity index (χ1) is 16.7. The van der Waals surface area contributed by atoms with Crippen molar-refractivity contribution in [1.82, 2.24) is 5.32 Å². The highest BCUT2D eigenvalue weighted by molar-refractivity contribution is 6.53. The van der Waals surface area contributed by atoms with Gasteiger partial charge in [-0.2, -0.15) is 0 Å². The average Bonchev–Trinajstić information content (AvgIpc) is 3.04. The topological polar surface area (TPSA) is 78.5 Å². The summed E-state index contributed by atoms with van der Waals surface area (Å²) in [6, 6.07) is 19.1. The van der Waals surface area contributed by atoms with Gasteiger partial charge in [0.2, 0.25) is 5.91 Å². The van der Waals surface area contributed by atoms with Crippen molar-refractivity contribution in [2.45, 2.75) is 19.9 Å². The van der Waals surface area contributed by atoms with Crippen molar-refractivity contribution >= 4 is 63.9 Å². The number of nitrogens with one attached hydrogen (secondary N) is 2. The number of hydrogen-bond acceptors (Lipinski definition) is 4. The average molecular weight is 529 g/mol. The zero-order valence-electron chi connectivity index (χ0n) is 18.6. The summed E-state index contributed by atoms with van der Waals surface area (Å²) in [6.07, 6.45) is 0.174. The molecule has 4 rings (SSSR count). The van der Waals surface area contributed by atoms with Crippen LogP contribution in [-0.2, 0) is 27.3 Å². The van der Waals surface area contributed by atoms with Crippen LogP contribution in [0.15, 0.2) is 77.5 Å². The Morgan fingerprint density at radius 1 is 0.886 bits per heavy atom. The van der Waals surface area contributed by atoms with Crippen LogP contribution in [0.4, 0.5) is 11.4 Å². The van der Waals surface area contributed by atoms with E-state index >= 15 is 0 Å². The number of nitrogens with zero attached hydrogens (tertiary/aromatic N) is 1. The van der Waals surface area contributed by atoms with Gasteiger partial charge in [0.15, 0.2) is 0 Å². The van der Waals surface area contributed by atoms with Crippen LogP contribution in [0.25, 0.3) is 0 Å². The number of hydrogen-bond donors (Lipinski definition) is 2. The van der Waals surface area contributed by atoms with Gasteiger partial charge in [0, 0.05) is 22.3 Å². The number of carbonyl (C=O) groups is 3. The third kappa shape index (κ3) is 5.51. The minimum absolute atomic E-state index is 0.0291. The molecule has 178 valence electrons. The lowest BCUT2D eigenvalue weighted by molar-refractivity contribution is -0.121. The lowest BCUT2D eigenvalue weighted by Crippen LogP contribution is -2.32. The van der Waals surface area contributed by atoms with Crippen LogP contribution >= 0.6 is 34.8 Å². The highest BCUT2D eigenvalue weighted by Gasteiger charge is 2.39. The van der Waals surface area contributed by atoms with E-state index in [0.717, 1.165) is 21.6 Å². The Balaban J connectivity index is 1.39. The van der Waals surface area contributed by atoms with Crippen molar-refractivity contribution in [3.63, 3.8) is 0 Å². The molecule has 1 heterocycles. The lowest BCUT2D eigenvalue weighted by Gasteiger charge is -2.16. The van der Waals surface area contributed by atoms with Crippen LogP contribution < -0.4 is 15.5 Å². The third-order valence-electron chi connectivity index (χ3n) is 5.46. The second kappa shape index (κ2) is 10.5. The minimum atomic E-state index is -0.633. The van der Waals surface area contributed by atoms with Crippen molar-refractivity contribution in [1.29, 1.82) is 0 Å². The summed E-state index contributed by atoms with van der Waals surface area (Å²) >= 11 is 18.5. The Hall–Kier alpha value is -3.32. The van der Waals surface area contributed by atoms with Gasteiger partial charge in [-0.15, -0.1) is 0 Å². The summed E-state index contributed by atoms with van der Waals surface area (Å²) in [5, 5.41) is 6.58. The van der Waals surface area contributed by atoms with Crippen molar-refractivity contribution in [2.75, 3.05) is 10.2 Å². The maximum Gasteiger partial charge on any atom is 0.283 e. The standard InChI is InChI=1S/C26H20Cl3N3O3/c1-15-6-11-19(13-21(15)28)32-25(34)23(29)24(26(32)35)31-18-9-7-16(8-10-18)12-22(33)30-14-17-4-2-3-5-20(17)27/h2-11,13,31H,12,14H2,1H3,(H,30,33). The summed E-state index contributed by atoms with van der Waals surface area (Å²) in [6.45, 7) is 2.16. The number of aryl methyl sites for hydroxylation is 1. The first kappa shape index (κ1) is 24.8. The second-order valence-corrected chi connectivity index (χ2v) is 9.13. The molecule has 0 unspecified atom stereocenters. The van der Waals surface area contributed by atoms with Crippen LogP contribution in [0.5, 0.6) is 0 Å². The molecule has 3 aromatic rings. The van der Waals surface area contributed by atoms with E-state index in [2.05, 4.69) is 10.6 Å². The van der Waals surface area contributed by atoms with Crippen molar-refractivity contribution < 1.29 is 14.4 Å². The predicted molar refractivity (Wildman–Crippen MR) is 139 cm³/mol. The van der Waals surface area contributed by atoms with Crippen molar-refractivity contribution in [3.05, 3.63) is 104 Å². The van der Waals surface area contributed by atoms with E-state index in [1.165, 1.54) is 0 Å². The predicted octanol–water partition coefficient (Wildman–Crippen LogP) is 5.60. The quantitative estimate of drug-likeness (QED) is 0.392. The van der Waals surface area contributed by atoms with Gasteiger partial charge in [-0.05, 0) is 53.9 Å². The van der Waals surface area contributed by atoms with E-state index in [0.29, 0.717) is 28.0 Å². The molecule has 35 heavy (non-hydrogen) atoms. The minimum Gasteiger partial charge on any atom is -0.352 e. The van der Waals surface area contributed by atoms with Gasteiger partial charge >= 0.3 is 0 Å². The van der Waals surface area contributed by atoms with Gasteiger partial charge < -0.3 is 10.6 Å². The van der Waals surface area contributed by atoms with Gasteiger partial charge in [0.05, 0.1) is 12.1 Å². The molecule has 1 aliphatic rings. The number of amides is 3. The molecule has 3 aromatic carbocycles. The van der Waals surface area contributed by atoms with Crippen LogP contribution in [0.2, 0.25) is 10.0 Å². The molecule has 0 saturated heterocycles. The Bertz CT molecular complexity index is 1350. The van der Waals surface area contributed by atoms with Gasteiger partial charge in [0.25, 0.3) is 11.8 Å². The fraction of sp³-hybridized carbons (Fsp3) is 0.115. The largest absolute Gasteiger partial charge is 0.352 e. The zero-order valence-corrected chi connectivity index (χ0v) is 20.8. The first-order valence-corrected chi connectivity index (χ1v) is 11.8. The molecule has 2 N–H and O–H groups in total. The zero-order chi connectivity index (χ0) is 25.1. The monoisotopic (exact) mass is 527 g/mol. The normalized spacial score (nSPS) is 13.4. The highest BCUT2D eigenvalue weighted by atomic mass is 35.5. The summed E-state index contributed by atoms with van der Waals surface area (Å²) in [4.78, 5) is 38.9. The molecular weight excluding hydrogens is 509 g/mol. The smallest absolute Gasteiger partial charge is 0.283 e. The number of carbonyl (C=O) groups excluding carboxylic acids is 3.